The first-order chi connectivity index (χ1) is 6.39. The number of hydrogen-bond acceptors (Lipinski definition) is 4. The highest BCUT2D eigenvalue weighted by Crippen LogP contribution is 2.28. The van der Waals surface area contributed by atoms with Crippen molar-refractivity contribution in [3.63, 3.8) is 0 Å². The minimum Gasteiger partial charge on any atom is -0.445 e. The summed E-state index contributed by atoms with van der Waals surface area (Å²) < 4.78 is 36.8. The van der Waals surface area contributed by atoms with Crippen LogP contribution in [0.5, 0.6) is 0 Å². The van der Waals surface area contributed by atoms with E-state index in [4.69, 9.17) is 0 Å². The fourth-order valence-corrected chi connectivity index (χ4v) is 2.37. The molecule has 0 aliphatic heterocycles. The Morgan fingerprint density at radius 2 is 2.14 bits per heavy atom. The van der Waals surface area contributed by atoms with E-state index >= 15 is 0 Å². The van der Waals surface area contributed by atoms with Gasteiger partial charge in [-0.3, -0.25) is 0 Å². The largest absolute Gasteiger partial charge is 0.505 e. The van der Waals surface area contributed by atoms with Gasteiger partial charge in [-0.1, -0.05) is 23.1 Å². The van der Waals surface area contributed by atoms with Gasteiger partial charge >= 0.3 is 6.98 Å². The standard InChI is InChI=1S/C6H7BF3N2S2/c1-4(7(8,9)10)3-13-6-12-11-5(2)14-6/h1,3H2,2H3/q-1. The van der Waals surface area contributed by atoms with E-state index < -0.39 is 12.4 Å². The molecule has 8 heteroatoms. The molecule has 78 valence electrons. The zero-order valence-electron chi connectivity index (χ0n) is 7.34. The average Bonchev–Trinajstić information content (AvgIpc) is 2.45. The maximum Gasteiger partial charge on any atom is 0.505 e. The molecule has 0 N–H and O–H groups in total. The summed E-state index contributed by atoms with van der Waals surface area (Å²) >= 11 is 2.30. The molecule has 0 bridgehead atoms. The third-order valence-corrected chi connectivity index (χ3v) is 3.43. The van der Waals surface area contributed by atoms with E-state index in [9.17, 15) is 12.9 Å². The molecule has 1 aromatic heterocycles. The van der Waals surface area contributed by atoms with E-state index in [1.807, 2.05) is 0 Å². The zero-order chi connectivity index (χ0) is 10.8. The average molecular weight is 239 g/mol. The monoisotopic (exact) mass is 239 g/mol. The van der Waals surface area contributed by atoms with Crippen LogP contribution in [0.4, 0.5) is 12.9 Å². The molecule has 1 aromatic rings. The predicted octanol–water partition coefficient (Wildman–Crippen LogP) is 2.88. The maximum absolute atomic E-state index is 12.1. The molecule has 2 nitrogen and oxygen atoms in total. The van der Waals surface area contributed by atoms with E-state index in [-0.39, 0.29) is 5.75 Å². The van der Waals surface area contributed by atoms with Gasteiger partial charge in [0, 0.05) is 0 Å². The lowest BCUT2D eigenvalue weighted by Crippen LogP contribution is -2.20. The van der Waals surface area contributed by atoms with Gasteiger partial charge in [-0.2, -0.15) is 0 Å². The fraction of sp³-hybridized carbons (Fsp3) is 0.333. The quantitative estimate of drug-likeness (QED) is 0.596. The van der Waals surface area contributed by atoms with Crippen LogP contribution in [-0.4, -0.2) is 22.9 Å². The lowest BCUT2D eigenvalue weighted by molar-refractivity contribution is 0.491. The van der Waals surface area contributed by atoms with Crippen molar-refractivity contribution in [1.29, 1.82) is 0 Å². The Labute approximate surface area is 87.7 Å². The van der Waals surface area contributed by atoms with Crippen molar-refractivity contribution in [1.82, 2.24) is 10.2 Å². The second kappa shape index (κ2) is 4.35. The smallest absolute Gasteiger partial charge is 0.445 e. The molecule has 0 saturated heterocycles. The molecule has 1 heterocycles. The van der Waals surface area contributed by atoms with Gasteiger partial charge in [-0.15, -0.1) is 22.2 Å². The van der Waals surface area contributed by atoms with Gasteiger partial charge in [0.2, 0.25) is 0 Å². The van der Waals surface area contributed by atoms with Crippen molar-refractivity contribution in [2.45, 2.75) is 11.3 Å². The molecule has 14 heavy (non-hydrogen) atoms. The van der Waals surface area contributed by atoms with Gasteiger partial charge in [0.1, 0.15) is 5.01 Å². The number of aromatic nitrogens is 2. The molecule has 0 saturated carbocycles. The van der Waals surface area contributed by atoms with Crippen molar-refractivity contribution in [2.75, 3.05) is 5.75 Å². The highest BCUT2D eigenvalue weighted by Gasteiger charge is 2.26. The SMILES string of the molecule is C=C(CSc1nnc(C)s1)[B-](F)(F)F. The Bertz CT molecular complexity index is 336. The van der Waals surface area contributed by atoms with Crippen molar-refractivity contribution in [3.05, 3.63) is 17.1 Å². The molecule has 0 spiro atoms. The van der Waals surface area contributed by atoms with Crippen molar-refractivity contribution in [2.24, 2.45) is 0 Å². The van der Waals surface area contributed by atoms with Crippen LogP contribution < -0.4 is 0 Å². The van der Waals surface area contributed by atoms with Crippen LogP contribution in [-0.2, 0) is 0 Å². The summed E-state index contributed by atoms with van der Waals surface area (Å²) in [5.74, 6) is -0.169. The summed E-state index contributed by atoms with van der Waals surface area (Å²) in [6, 6.07) is 0. The van der Waals surface area contributed by atoms with Crippen LogP contribution in [0.3, 0.4) is 0 Å². The number of rotatable bonds is 4. The summed E-state index contributed by atoms with van der Waals surface area (Å²) in [5, 5.41) is 8.14. The van der Waals surface area contributed by atoms with Gasteiger partial charge in [0.25, 0.3) is 0 Å². The van der Waals surface area contributed by atoms with E-state index in [0.717, 1.165) is 16.8 Å². The Morgan fingerprint density at radius 1 is 1.50 bits per heavy atom. The highest BCUT2D eigenvalue weighted by molar-refractivity contribution is 8.01. The molecular weight excluding hydrogens is 232 g/mol. The third kappa shape index (κ3) is 3.34. The molecule has 0 unspecified atom stereocenters. The first-order valence-corrected chi connectivity index (χ1v) is 5.50. The number of hydrogen-bond donors (Lipinski definition) is 0. The molecule has 1 rings (SSSR count). The Balaban J connectivity index is 2.46. The van der Waals surface area contributed by atoms with Crippen LogP contribution in [0.15, 0.2) is 16.4 Å². The molecule has 0 aliphatic rings. The molecule has 0 fully saturated rings. The van der Waals surface area contributed by atoms with E-state index in [0.29, 0.717) is 4.34 Å². The second-order valence-electron chi connectivity index (χ2n) is 2.61. The van der Waals surface area contributed by atoms with Gasteiger partial charge in [0.05, 0.1) is 0 Å². The van der Waals surface area contributed by atoms with Gasteiger partial charge in [-0.25, -0.2) is 0 Å². The molecular formula is C6H7BF3N2S2-. The predicted molar refractivity (Wildman–Crippen MR) is 53.6 cm³/mol. The summed E-state index contributed by atoms with van der Waals surface area (Å²) in [6.07, 6.45) is 0. The zero-order valence-corrected chi connectivity index (χ0v) is 8.97. The van der Waals surface area contributed by atoms with Crippen LogP contribution in [0, 0.1) is 6.92 Å². The first kappa shape index (κ1) is 11.6. The fourth-order valence-electron chi connectivity index (χ4n) is 0.586. The number of halogens is 3. The summed E-state index contributed by atoms with van der Waals surface area (Å²) in [7, 11) is 0. The van der Waals surface area contributed by atoms with E-state index in [1.165, 1.54) is 11.3 Å². The first-order valence-electron chi connectivity index (χ1n) is 3.70. The van der Waals surface area contributed by atoms with Crippen LogP contribution >= 0.6 is 23.1 Å². The van der Waals surface area contributed by atoms with Crippen molar-refractivity contribution in [3.8, 4) is 0 Å². The van der Waals surface area contributed by atoms with Crippen molar-refractivity contribution >= 4 is 30.1 Å². The van der Waals surface area contributed by atoms with E-state index in [1.54, 1.807) is 6.92 Å². The summed E-state index contributed by atoms with van der Waals surface area (Å²) in [5.41, 5.74) is -0.692. The minimum absolute atomic E-state index is 0.169. The molecule has 0 atom stereocenters. The Hall–Kier alpha value is -0.495. The molecule has 0 amide bonds. The molecule has 0 radical (unpaired) electrons. The second-order valence-corrected chi connectivity index (χ2v) is 5.01. The van der Waals surface area contributed by atoms with Crippen LogP contribution in [0.1, 0.15) is 5.01 Å². The van der Waals surface area contributed by atoms with Gasteiger partial charge in [0.15, 0.2) is 4.34 Å². The number of nitrogens with zero attached hydrogens (tertiary/aromatic N) is 2. The Kier molecular flexibility index (Phi) is 3.60. The molecule has 0 aromatic carbocycles. The molecule has 0 aliphatic carbocycles. The number of aryl methyl sites for hydroxylation is 1. The van der Waals surface area contributed by atoms with E-state index in [2.05, 4.69) is 16.8 Å². The van der Waals surface area contributed by atoms with Gasteiger partial charge in [-0.05, 0) is 12.7 Å². The summed E-state index contributed by atoms with van der Waals surface area (Å²) in [4.78, 5) is 0. The van der Waals surface area contributed by atoms with Crippen LogP contribution in [0.25, 0.3) is 0 Å². The lowest BCUT2D eigenvalue weighted by Gasteiger charge is -2.16. The minimum atomic E-state index is -4.92. The van der Waals surface area contributed by atoms with Crippen molar-refractivity contribution < 1.29 is 12.9 Å². The lowest BCUT2D eigenvalue weighted by atomic mass is 9.82. The number of thioether (sulfide) groups is 1. The topological polar surface area (TPSA) is 25.8 Å². The normalized spacial score (nSPS) is 11.7. The Morgan fingerprint density at radius 3 is 2.57 bits per heavy atom. The third-order valence-electron chi connectivity index (χ3n) is 1.35. The van der Waals surface area contributed by atoms with Crippen LogP contribution in [0.2, 0.25) is 0 Å². The highest BCUT2D eigenvalue weighted by atomic mass is 32.2. The summed E-state index contributed by atoms with van der Waals surface area (Å²) in [6.45, 7) is -0.182. The maximum atomic E-state index is 12.1. The van der Waals surface area contributed by atoms with Gasteiger partial charge < -0.3 is 12.9 Å².